The number of ketones is 1. The fourth-order valence-electron chi connectivity index (χ4n) is 8.03. The first-order valence-electron chi connectivity index (χ1n) is 19.0. The summed E-state index contributed by atoms with van der Waals surface area (Å²) >= 11 is 0. The topological polar surface area (TPSA) is 198 Å². The van der Waals surface area contributed by atoms with E-state index in [9.17, 15) is 34.8 Å². The Morgan fingerprint density at radius 2 is 1.68 bits per heavy atom. The number of aliphatic hydroxyl groups excluding tert-OH is 2. The number of phenols is 2. The zero-order valence-electron chi connectivity index (χ0n) is 33.8. The van der Waals surface area contributed by atoms with Gasteiger partial charge in [-0.2, -0.15) is 0 Å². The monoisotopic (exact) mass is 785 g/mol. The van der Waals surface area contributed by atoms with Gasteiger partial charge in [0.1, 0.15) is 40.0 Å². The number of methoxy groups -OCH3 is 1. The Bertz CT molecular complexity index is 2380. The highest BCUT2D eigenvalue weighted by Gasteiger charge is 2.50. The van der Waals surface area contributed by atoms with Gasteiger partial charge in [-0.1, -0.05) is 45.9 Å². The number of nitrogens with one attached hydrogen (secondary N) is 1. The number of aryl methyl sites for hydroxylation is 1. The molecule has 0 aliphatic carbocycles. The third-order valence-corrected chi connectivity index (χ3v) is 11.5. The van der Waals surface area contributed by atoms with Crippen LogP contribution in [0, 0.1) is 37.5 Å². The quantitative estimate of drug-likeness (QED) is 0.115. The number of esters is 1. The van der Waals surface area contributed by atoms with Gasteiger partial charge in [0.05, 0.1) is 35.5 Å². The van der Waals surface area contributed by atoms with Crippen LogP contribution in [-0.4, -0.2) is 84.8 Å². The molecule has 0 spiro atoms. The lowest BCUT2D eigenvalue weighted by molar-refractivity contribution is -0.160. The number of pyridine rings is 1. The van der Waals surface area contributed by atoms with Crippen molar-refractivity contribution in [2.75, 3.05) is 12.4 Å². The maximum atomic E-state index is 14.6. The molecular weight excluding hydrogens is 734 g/mol. The molecule has 57 heavy (non-hydrogen) atoms. The number of allylic oxidation sites excluding steroid dienone is 2. The first-order valence-corrected chi connectivity index (χ1v) is 19.0. The van der Waals surface area contributed by atoms with E-state index >= 15 is 0 Å². The minimum Gasteiger partial charge on any atom is -0.507 e. The molecule has 1 amide bonds. The molecule has 9 atom stereocenters. The number of carbonyl (C=O) groups is 3. The van der Waals surface area contributed by atoms with E-state index in [2.05, 4.69) is 5.32 Å². The van der Waals surface area contributed by atoms with Crippen LogP contribution in [0.25, 0.3) is 27.5 Å². The second kappa shape index (κ2) is 15.5. The van der Waals surface area contributed by atoms with Gasteiger partial charge >= 0.3 is 11.8 Å². The van der Waals surface area contributed by atoms with Crippen molar-refractivity contribution in [1.82, 2.24) is 9.38 Å². The van der Waals surface area contributed by atoms with E-state index < -0.39 is 77.3 Å². The van der Waals surface area contributed by atoms with Gasteiger partial charge in [0.2, 0.25) is 0 Å². The minimum atomic E-state index is -1.96. The largest absolute Gasteiger partial charge is 0.507 e. The highest BCUT2D eigenvalue weighted by molar-refractivity contribution is 6.28. The summed E-state index contributed by atoms with van der Waals surface area (Å²) in [5, 5.41) is 49.4. The van der Waals surface area contributed by atoms with Crippen molar-refractivity contribution in [1.29, 1.82) is 0 Å². The number of ether oxygens (including phenoxy) is 4. The number of phenolic OH excluding ortho intramolecular Hbond substituents is 2. The lowest BCUT2D eigenvalue weighted by atomic mass is 9.78. The van der Waals surface area contributed by atoms with Gasteiger partial charge in [-0.3, -0.25) is 18.8 Å². The van der Waals surface area contributed by atoms with Crippen molar-refractivity contribution >= 4 is 50.8 Å². The van der Waals surface area contributed by atoms with E-state index in [-0.39, 0.29) is 55.7 Å². The molecule has 2 aliphatic heterocycles. The molecule has 304 valence electrons. The summed E-state index contributed by atoms with van der Waals surface area (Å²) in [5.74, 6) is -6.96. The Labute approximate surface area is 330 Å². The van der Waals surface area contributed by atoms with Crippen molar-refractivity contribution in [3.05, 3.63) is 71.2 Å². The number of aromatic nitrogens is 2. The number of rotatable bonds is 2. The molecule has 4 heterocycles. The number of amides is 1. The number of nitrogens with zero attached hydrogens (tertiary/aromatic N) is 2. The third kappa shape index (κ3) is 7.10. The zero-order valence-corrected chi connectivity index (χ0v) is 33.8. The highest BCUT2D eigenvalue weighted by atomic mass is 16.7. The summed E-state index contributed by atoms with van der Waals surface area (Å²) < 4.78 is 25.5. The van der Waals surface area contributed by atoms with Gasteiger partial charge in [0, 0.05) is 67.3 Å². The molecule has 5 N–H and O–H groups in total. The van der Waals surface area contributed by atoms with Crippen LogP contribution in [-0.2, 0) is 23.8 Å². The molecule has 0 radical (unpaired) electrons. The molecule has 2 aromatic carbocycles. The molecule has 1 unspecified atom stereocenters. The maximum absolute atomic E-state index is 14.6. The van der Waals surface area contributed by atoms with Crippen molar-refractivity contribution in [2.45, 2.75) is 92.5 Å². The van der Waals surface area contributed by atoms with E-state index in [4.69, 9.17) is 23.9 Å². The van der Waals surface area contributed by atoms with Crippen LogP contribution < -0.4 is 10.1 Å². The molecule has 14 heteroatoms. The predicted octanol–water partition coefficient (Wildman–Crippen LogP) is 6.16. The lowest BCUT2D eigenvalue weighted by Gasteiger charge is -2.38. The van der Waals surface area contributed by atoms with Crippen LogP contribution in [0.1, 0.15) is 70.0 Å². The van der Waals surface area contributed by atoms with Gasteiger partial charge in [-0.15, -0.1) is 0 Å². The number of hydrogen-bond donors (Lipinski definition) is 5. The number of aromatic hydroxyl groups is 2. The second-order valence-corrected chi connectivity index (χ2v) is 15.6. The number of fused-ring (bicyclic) bond motifs is 2. The molecule has 0 saturated carbocycles. The summed E-state index contributed by atoms with van der Waals surface area (Å²) in [6.07, 6.45) is 5.62. The van der Waals surface area contributed by atoms with E-state index in [1.807, 2.05) is 19.1 Å². The average Bonchev–Trinajstić information content (AvgIpc) is 3.67. The minimum absolute atomic E-state index is 0.0185. The number of aliphatic hydroxyl groups is 2. The molecule has 2 aromatic heterocycles. The fraction of sp³-hybridized carbons (Fsp3) is 0.442. The number of benzene rings is 2. The molecule has 4 aromatic rings. The smallest absolute Gasteiger partial charge is 0.312 e. The molecule has 0 saturated heterocycles. The van der Waals surface area contributed by atoms with Crippen molar-refractivity contribution in [2.24, 2.45) is 23.7 Å². The normalized spacial score (nSPS) is 28.8. The van der Waals surface area contributed by atoms with Crippen LogP contribution in [0.5, 0.6) is 17.2 Å². The molecular formula is C43H51N3O11. The van der Waals surface area contributed by atoms with Crippen molar-refractivity contribution < 1.29 is 53.8 Å². The molecule has 6 rings (SSSR count). The summed E-state index contributed by atoms with van der Waals surface area (Å²) in [5.41, 5.74) is 2.18. The van der Waals surface area contributed by atoms with Gasteiger partial charge in [0.15, 0.2) is 5.75 Å². The van der Waals surface area contributed by atoms with Crippen LogP contribution in [0.4, 0.5) is 5.69 Å². The van der Waals surface area contributed by atoms with Gasteiger partial charge in [-0.25, -0.2) is 4.98 Å². The predicted molar refractivity (Wildman–Crippen MR) is 213 cm³/mol. The number of Topliss-reactive ketones (excluding diaryl/α,β-unsaturated/α-hetero) is 1. The van der Waals surface area contributed by atoms with Crippen LogP contribution in [0.15, 0.2) is 54.5 Å². The maximum Gasteiger partial charge on any atom is 0.312 e. The fourth-order valence-corrected chi connectivity index (χ4v) is 8.03. The summed E-state index contributed by atoms with van der Waals surface area (Å²) in [6.45, 7) is 14.7. The number of carbonyl (C=O) groups excluding carboxylic acids is 3. The van der Waals surface area contributed by atoms with Crippen LogP contribution in [0.3, 0.4) is 0 Å². The molecule has 14 nitrogen and oxygen atoms in total. The van der Waals surface area contributed by atoms with Crippen molar-refractivity contribution in [3.8, 4) is 17.2 Å². The Morgan fingerprint density at radius 1 is 0.982 bits per heavy atom. The van der Waals surface area contributed by atoms with Crippen LogP contribution in [0.2, 0.25) is 0 Å². The Hall–Kier alpha value is -5.44. The Balaban J connectivity index is 1.58. The number of hydrogen-bond acceptors (Lipinski definition) is 12. The van der Waals surface area contributed by atoms with E-state index in [1.54, 1.807) is 63.4 Å². The summed E-state index contributed by atoms with van der Waals surface area (Å²) in [4.78, 5) is 45.6. The standard InChI is InChI=1S/C43H51N3O11/c1-19-14-16-46-28(18-19)44-32-29-30-37(50)25(7)40-31(29)41(52)43(9,57-40)55-17-15-27(54-10)22(4)39(56-26(8)47)24(6)36(49)23(5)35(48)20(2)12-11-13-21(3)42(53)45-33(34(32)46)38(30)51/h11-18,20,22-24,27,35-36,39,48-51H,1-10H3,(H,45,53)/t20-,22+,23+,24+,27-,35-,36?,39+,43-/m0/s1. The van der Waals surface area contributed by atoms with E-state index in [0.717, 1.165) is 5.56 Å². The van der Waals surface area contributed by atoms with Gasteiger partial charge < -0.3 is 44.7 Å². The SMILES string of the molecule is CO[C@H]1C=CO[C@@]2(C)Oc3c(C)c(O)c4c(O)c(c5c(nc6cc(C)ccn65)c4c3C2=O)NC(=O)C(C)=CC=C[C@H](C)[C@H](O)[C@@H](C)C(O)[C@@H](C)[C@H](OC(C)=O)[C@@H]1C. The molecule has 0 fully saturated rings. The number of imidazole rings is 1. The van der Waals surface area contributed by atoms with Crippen LogP contribution >= 0.6 is 0 Å². The zero-order chi connectivity index (χ0) is 41.8. The van der Waals surface area contributed by atoms with Gasteiger partial charge in [0.25, 0.3) is 11.7 Å². The molecule has 2 aliphatic rings. The van der Waals surface area contributed by atoms with Crippen molar-refractivity contribution in [3.63, 3.8) is 0 Å². The Kier molecular flexibility index (Phi) is 11.2. The average molecular weight is 786 g/mol. The third-order valence-electron chi connectivity index (χ3n) is 11.5. The second-order valence-electron chi connectivity index (χ2n) is 15.6. The number of anilines is 1. The lowest BCUT2D eigenvalue weighted by Crippen LogP contribution is -2.46. The first-order chi connectivity index (χ1) is 26.8. The highest BCUT2D eigenvalue weighted by Crippen LogP contribution is 2.54. The Morgan fingerprint density at radius 3 is 2.35 bits per heavy atom. The molecule has 4 bridgehead atoms. The van der Waals surface area contributed by atoms with Gasteiger partial charge in [-0.05, 0) is 44.5 Å². The van der Waals surface area contributed by atoms with E-state index in [0.29, 0.717) is 5.65 Å². The first kappa shape index (κ1) is 41.2. The summed E-state index contributed by atoms with van der Waals surface area (Å²) in [6, 6.07) is 3.64. The summed E-state index contributed by atoms with van der Waals surface area (Å²) in [7, 11) is 1.46. The van der Waals surface area contributed by atoms with E-state index in [1.165, 1.54) is 40.2 Å².